The van der Waals surface area contributed by atoms with Crippen molar-refractivity contribution in [3.8, 4) is 17.0 Å². The maximum absolute atomic E-state index is 12.1. The Labute approximate surface area is 157 Å². The second kappa shape index (κ2) is 7.97. The molecule has 0 atom stereocenters. The maximum atomic E-state index is 12.1. The van der Waals surface area contributed by atoms with Gasteiger partial charge in [0.25, 0.3) is 0 Å². The van der Waals surface area contributed by atoms with E-state index in [0.717, 1.165) is 28.1 Å². The Morgan fingerprint density at radius 2 is 2.04 bits per heavy atom. The van der Waals surface area contributed by atoms with Crippen LogP contribution >= 0.6 is 11.3 Å². The van der Waals surface area contributed by atoms with Gasteiger partial charge in [0.05, 0.1) is 12.8 Å². The Morgan fingerprint density at radius 1 is 1.19 bits per heavy atom. The Morgan fingerprint density at radius 3 is 2.85 bits per heavy atom. The van der Waals surface area contributed by atoms with Crippen LogP contribution in [0.4, 0.5) is 5.13 Å². The molecule has 4 nitrogen and oxygen atoms in total. The first kappa shape index (κ1) is 17.9. The minimum atomic E-state index is -0.213. The van der Waals surface area contributed by atoms with E-state index in [0.29, 0.717) is 5.13 Å². The molecule has 0 bridgehead atoms. The molecule has 1 aromatic heterocycles. The molecule has 26 heavy (non-hydrogen) atoms. The van der Waals surface area contributed by atoms with Crippen LogP contribution in [0.25, 0.3) is 17.3 Å². The minimum Gasteiger partial charge on any atom is -0.497 e. The highest BCUT2D eigenvalue weighted by Crippen LogP contribution is 2.28. The topological polar surface area (TPSA) is 51.2 Å². The second-order valence-electron chi connectivity index (χ2n) is 5.96. The Bertz CT molecular complexity index is 960. The van der Waals surface area contributed by atoms with Gasteiger partial charge in [0.15, 0.2) is 5.13 Å². The number of benzene rings is 2. The first-order valence-corrected chi connectivity index (χ1v) is 9.09. The molecule has 1 heterocycles. The Kier molecular flexibility index (Phi) is 5.49. The van der Waals surface area contributed by atoms with Crippen LogP contribution in [0.3, 0.4) is 0 Å². The van der Waals surface area contributed by atoms with E-state index in [1.54, 1.807) is 13.2 Å². The molecule has 0 aliphatic carbocycles. The molecule has 3 aromatic rings. The molecule has 2 aromatic carbocycles. The van der Waals surface area contributed by atoms with E-state index in [-0.39, 0.29) is 5.91 Å². The normalized spacial score (nSPS) is 10.9. The number of nitrogens with zero attached hydrogens (tertiary/aromatic N) is 1. The molecule has 1 N–H and O–H groups in total. The van der Waals surface area contributed by atoms with Crippen molar-refractivity contribution in [2.45, 2.75) is 13.8 Å². The molecule has 132 valence electrons. The lowest BCUT2D eigenvalue weighted by atomic mass is 10.0. The molecular weight excluding hydrogens is 344 g/mol. The number of methoxy groups -OCH3 is 1. The number of carbonyl (C=O) groups excluding carboxylic acids is 1. The first-order valence-electron chi connectivity index (χ1n) is 8.21. The lowest BCUT2D eigenvalue weighted by Gasteiger charge is -2.03. The number of thiazole rings is 1. The van der Waals surface area contributed by atoms with Crippen molar-refractivity contribution < 1.29 is 9.53 Å². The summed E-state index contributed by atoms with van der Waals surface area (Å²) >= 11 is 1.42. The number of aryl methyl sites for hydroxylation is 2. The number of nitrogens with one attached hydrogen (secondary N) is 1. The highest BCUT2D eigenvalue weighted by molar-refractivity contribution is 7.14. The van der Waals surface area contributed by atoms with Gasteiger partial charge in [-0.2, -0.15) is 0 Å². The molecule has 0 saturated heterocycles. The molecule has 0 radical (unpaired) electrons. The highest BCUT2D eigenvalue weighted by atomic mass is 32.1. The number of amides is 1. The van der Waals surface area contributed by atoms with Gasteiger partial charge in [-0.3, -0.25) is 10.1 Å². The van der Waals surface area contributed by atoms with Gasteiger partial charge >= 0.3 is 0 Å². The van der Waals surface area contributed by atoms with E-state index in [1.165, 1.54) is 23.0 Å². The fraction of sp³-hybridized carbons (Fsp3) is 0.143. The molecule has 0 unspecified atom stereocenters. The average Bonchev–Trinajstić information content (AvgIpc) is 3.10. The van der Waals surface area contributed by atoms with Crippen LogP contribution in [-0.4, -0.2) is 18.0 Å². The monoisotopic (exact) mass is 364 g/mol. The highest BCUT2D eigenvalue weighted by Gasteiger charge is 2.09. The van der Waals surface area contributed by atoms with E-state index in [1.807, 2.05) is 29.6 Å². The lowest BCUT2D eigenvalue weighted by Crippen LogP contribution is -2.07. The quantitative estimate of drug-likeness (QED) is 0.642. The van der Waals surface area contributed by atoms with Crippen molar-refractivity contribution in [2.75, 3.05) is 12.4 Å². The van der Waals surface area contributed by atoms with Crippen molar-refractivity contribution in [1.82, 2.24) is 4.98 Å². The number of anilines is 1. The summed E-state index contributed by atoms with van der Waals surface area (Å²) in [5, 5.41) is 5.36. The summed E-state index contributed by atoms with van der Waals surface area (Å²) in [7, 11) is 1.62. The van der Waals surface area contributed by atoms with Crippen LogP contribution in [0.2, 0.25) is 0 Å². The molecule has 0 saturated carbocycles. The van der Waals surface area contributed by atoms with Crippen LogP contribution in [0.1, 0.15) is 16.7 Å². The molecular formula is C21H20N2O2S. The second-order valence-corrected chi connectivity index (χ2v) is 6.81. The summed E-state index contributed by atoms with van der Waals surface area (Å²) in [5.41, 5.74) is 5.22. The van der Waals surface area contributed by atoms with E-state index in [4.69, 9.17) is 4.74 Å². The van der Waals surface area contributed by atoms with Gasteiger partial charge in [0.2, 0.25) is 5.91 Å². The van der Waals surface area contributed by atoms with Crippen LogP contribution < -0.4 is 10.1 Å². The maximum Gasteiger partial charge on any atom is 0.250 e. The van der Waals surface area contributed by atoms with Crippen molar-refractivity contribution in [1.29, 1.82) is 0 Å². The van der Waals surface area contributed by atoms with Gasteiger partial charge in [-0.25, -0.2) is 4.98 Å². The van der Waals surface area contributed by atoms with Crippen molar-refractivity contribution in [3.63, 3.8) is 0 Å². The first-order chi connectivity index (χ1) is 12.5. The number of carbonyl (C=O) groups is 1. The summed E-state index contributed by atoms with van der Waals surface area (Å²) in [5.74, 6) is 0.542. The molecule has 1 amide bonds. The number of ether oxygens (including phenoxy) is 1. The van der Waals surface area contributed by atoms with Crippen LogP contribution in [0.15, 0.2) is 53.9 Å². The zero-order valence-corrected chi connectivity index (χ0v) is 15.8. The van der Waals surface area contributed by atoms with Crippen LogP contribution in [0.5, 0.6) is 5.75 Å². The molecule has 0 aliphatic rings. The zero-order chi connectivity index (χ0) is 18.5. The van der Waals surface area contributed by atoms with Gasteiger partial charge in [-0.1, -0.05) is 29.8 Å². The number of rotatable bonds is 5. The molecule has 0 aliphatic heterocycles. The molecule has 0 fully saturated rings. The van der Waals surface area contributed by atoms with Crippen LogP contribution in [-0.2, 0) is 4.79 Å². The van der Waals surface area contributed by atoms with Gasteiger partial charge in [0, 0.05) is 17.0 Å². The number of hydrogen-bond acceptors (Lipinski definition) is 4. The van der Waals surface area contributed by atoms with Gasteiger partial charge in [-0.05, 0) is 49.2 Å². The third-order valence-electron chi connectivity index (χ3n) is 3.92. The summed E-state index contributed by atoms with van der Waals surface area (Å²) in [4.78, 5) is 16.7. The van der Waals surface area contributed by atoms with Crippen molar-refractivity contribution >= 4 is 28.5 Å². The zero-order valence-electron chi connectivity index (χ0n) is 14.9. The largest absolute Gasteiger partial charge is 0.497 e. The van der Waals surface area contributed by atoms with Crippen molar-refractivity contribution in [2.24, 2.45) is 0 Å². The summed E-state index contributed by atoms with van der Waals surface area (Å²) in [6.45, 7) is 4.12. The standard InChI is InChI=1S/C21H20N2O2S/c1-14-7-8-15(2)18(11-14)19-13-26-21(22-19)23-20(24)10-9-16-5-4-6-17(12-16)25-3/h4-13H,1-3H3,(H,22,23,24)/b10-9+. The molecule has 0 spiro atoms. The summed E-state index contributed by atoms with van der Waals surface area (Å²) in [6.07, 6.45) is 3.24. The van der Waals surface area contributed by atoms with Crippen LogP contribution in [0, 0.1) is 13.8 Å². The smallest absolute Gasteiger partial charge is 0.250 e. The minimum absolute atomic E-state index is 0.213. The van der Waals surface area contributed by atoms with E-state index in [9.17, 15) is 4.79 Å². The SMILES string of the molecule is COc1cccc(/C=C/C(=O)Nc2nc(-c3cc(C)ccc3C)cs2)c1. The summed E-state index contributed by atoms with van der Waals surface area (Å²) < 4.78 is 5.18. The van der Waals surface area contributed by atoms with E-state index >= 15 is 0 Å². The Balaban J connectivity index is 1.69. The van der Waals surface area contributed by atoms with Gasteiger partial charge in [0.1, 0.15) is 5.75 Å². The van der Waals surface area contributed by atoms with Gasteiger partial charge in [-0.15, -0.1) is 11.3 Å². The predicted molar refractivity (Wildman–Crippen MR) is 108 cm³/mol. The third-order valence-corrected chi connectivity index (χ3v) is 4.68. The fourth-order valence-corrected chi connectivity index (χ4v) is 3.24. The van der Waals surface area contributed by atoms with Crippen molar-refractivity contribution in [3.05, 3.63) is 70.6 Å². The number of hydrogen-bond donors (Lipinski definition) is 1. The Hall–Kier alpha value is -2.92. The fourth-order valence-electron chi connectivity index (χ4n) is 2.53. The summed E-state index contributed by atoms with van der Waals surface area (Å²) in [6, 6.07) is 13.8. The molecule has 5 heteroatoms. The van der Waals surface area contributed by atoms with E-state index < -0.39 is 0 Å². The number of aromatic nitrogens is 1. The molecule has 3 rings (SSSR count). The lowest BCUT2D eigenvalue weighted by molar-refractivity contribution is -0.111. The predicted octanol–water partition coefficient (Wildman–Crippen LogP) is 5.09. The average molecular weight is 364 g/mol. The van der Waals surface area contributed by atoms with E-state index in [2.05, 4.69) is 42.3 Å². The third kappa shape index (κ3) is 4.37. The van der Waals surface area contributed by atoms with Gasteiger partial charge < -0.3 is 4.74 Å².